The molecule has 0 atom stereocenters. The van der Waals surface area contributed by atoms with E-state index in [9.17, 15) is 0 Å². The predicted octanol–water partition coefficient (Wildman–Crippen LogP) is 11.1. The van der Waals surface area contributed by atoms with Crippen LogP contribution in [-0.2, 0) is 0 Å². The molecule has 2 aliphatic carbocycles. The summed E-state index contributed by atoms with van der Waals surface area (Å²) in [6.45, 7) is 13.8. The summed E-state index contributed by atoms with van der Waals surface area (Å²) in [6, 6.07) is 15.7. The van der Waals surface area contributed by atoms with Crippen LogP contribution >= 0.6 is 8.58 Å². The van der Waals surface area contributed by atoms with Crippen molar-refractivity contribution in [1.82, 2.24) is 0 Å². The summed E-state index contributed by atoms with van der Waals surface area (Å²) in [5.41, 5.74) is 9.52. The van der Waals surface area contributed by atoms with Gasteiger partial charge in [-0.25, -0.2) is 0 Å². The van der Waals surface area contributed by atoms with E-state index in [0.29, 0.717) is 17.8 Å². The lowest BCUT2D eigenvalue weighted by atomic mass is 9.82. The molecule has 2 aromatic rings. The number of hydrogen-bond donors (Lipinski definition) is 0. The van der Waals surface area contributed by atoms with Crippen LogP contribution in [0.1, 0.15) is 140 Å². The lowest BCUT2D eigenvalue weighted by Crippen LogP contribution is -2.14. The van der Waals surface area contributed by atoms with Gasteiger partial charge in [-0.15, -0.1) is 8.58 Å². The van der Waals surface area contributed by atoms with Gasteiger partial charge < -0.3 is 0 Å². The zero-order valence-electron chi connectivity index (χ0n) is 23.0. The van der Waals surface area contributed by atoms with Crippen molar-refractivity contribution in [3.63, 3.8) is 0 Å². The molecule has 0 nitrogen and oxygen atoms in total. The molecule has 0 amide bonds. The van der Waals surface area contributed by atoms with Gasteiger partial charge in [0.05, 0.1) is 0 Å². The van der Waals surface area contributed by atoms with Crippen LogP contribution in [0.25, 0.3) is 11.1 Å². The van der Waals surface area contributed by atoms with Crippen LogP contribution in [0.4, 0.5) is 0 Å². The van der Waals surface area contributed by atoms with E-state index in [0.717, 1.165) is 11.3 Å². The zero-order chi connectivity index (χ0) is 24.5. The van der Waals surface area contributed by atoms with Gasteiger partial charge in [-0.2, -0.15) is 0 Å². The van der Waals surface area contributed by atoms with E-state index in [-0.39, 0.29) is 0 Å². The molecule has 0 heterocycles. The standard InChI is InChI=1S/C21H28.C12H23P/c1-14(2)18-12-19(15(3)4)21(20(13-18)16(5)6)17-10-8-7-9-11-17;1-3-7-11(8-4-1)13-12-9-5-2-6-10-12/h7-16H,1-6H3;11-13H,1-10H2. The summed E-state index contributed by atoms with van der Waals surface area (Å²) in [6.07, 6.45) is 15.4. The van der Waals surface area contributed by atoms with E-state index >= 15 is 0 Å². The molecule has 1 heteroatoms. The molecule has 0 aliphatic heterocycles. The molecule has 0 aromatic heterocycles. The minimum absolute atomic E-state index is 0.538. The molecular formula is C33H51P. The van der Waals surface area contributed by atoms with Crippen molar-refractivity contribution in [2.24, 2.45) is 0 Å². The van der Waals surface area contributed by atoms with Gasteiger partial charge in [0, 0.05) is 0 Å². The second-order valence-corrected chi connectivity index (χ2v) is 13.7. The molecule has 2 aliphatic rings. The monoisotopic (exact) mass is 478 g/mol. The van der Waals surface area contributed by atoms with E-state index in [2.05, 4.69) is 84.0 Å². The first-order chi connectivity index (χ1) is 16.4. The maximum atomic E-state index is 2.42. The Balaban J connectivity index is 0.000000212. The highest BCUT2D eigenvalue weighted by Gasteiger charge is 2.20. The zero-order valence-corrected chi connectivity index (χ0v) is 24.0. The van der Waals surface area contributed by atoms with Gasteiger partial charge in [0.15, 0.2) is 0 Å². The van der Waals surface area contributed by atoms with Crippen molar-refractivity contribution >= 4 is 8.58 Å². The minimum Gasteiger partial charge on any atom is -0.116 e. The molecule has 0 saturated heterocycles. The fourth-order valence-electron chi connectivity index (χ4n) is 5.77. The highest BCUT2D eigenvalue weighted by Crippen LogP contribution is 2.42. The normalized spacial score (nSPS) is 17.8. The smallest absolute Gasteiger partial charge is 0.0114 e. The molecule has 2 aromatic carbocycles. The lowest BCUT2D eigenvalue weighted by molar-refractivity contribution is 0.490. The van der Waals surface area contributed by atoms with Crippen molar-refractivity contribution in [2.75, 3.05) is 0 Å². The number of hydrogen-bond acceptors (Lipinski definition) is 0. The van der Waals surface area contributed by atoms with Crippen LogP contribution in [0.5, 0.6) is 0 Å². The Morgan fingerprint density at radius 1 is 0.588 bits per heavy atom. The Kier molecular flexibility index (Phi) is 11.2. The second kappa shape index (κ2) is 13.8. The maximum absolute atomic E-state index is 2.42. The quantitative estimate of drug-likeness (QED) is 0.362. The maximum Gasteiger partial charge on any atom is -0.0114 e. The molecule has 34 heavy (non-hydrogen) atoms. The van der Waals surface area contributed by atoms with Crippen LogP contribution in [0.3, 0.4) is 0 Å². The molecular weight excluding hydrogens is 427 g/mol. The van der Waals surface area contributed by atoms with Gasteiger partial charge in [-0.1, -0.05) is 123 Å². The van der Waals surface area contributed by atoms with Crippen molar-refractivity contribution in [3.8, 4) is 11.1 Å². The third-order valence-electron chi connectivity index (χ3n) is 7.88. The molecule has 188 valence electrons. The van der Waals surface area contributed by atoms with Crippen molar-refractivity contribution in [3.05, 3.63) is 59.2 Å². The third-order valence-corrected chi connectivity index (χ3v) is 9.97. The molecule has 0 unspecified atom stereocenters. The van der Waals surface area contributed by atoms with Crippen molar-refractivity contribution < 1.29 is 0 Å². The van der Waals surface area contributed by atoms with E-state index in [1.807, 2.05) is 0 Å². The molecule has 2 fully saturated rings. The molecule has 0 bridgehead atoms. The fourth-order valence-corrected chi connectivity index (χ4v) is 7.92. The Labute approximate surface area is 213 Å². The van der Waals surface area contributed by atoms with E-state index < -0.39 is 0 Å². The molecule has 2 saturated carbocycles. The summed E-state index contributed by atoms with van der Waals surface area (Å²) >= 11 is 0. The summed E-state index contributed by atoms with van der Waals surface area (Å²) in [5, 5.41) is 0. The minimum atomic E-state index is 0.538. The summed E-state index contributed by atoms with van der Waals surface area (Å²) in [7, 11) is 1.33. The van der Waals surface area contributed by atoms with Gasteiger partial charge in [-0.3, -0.25) is 0 Å². The van der Waals surface area contributed by atoms with Crippen LogP contribution in [0.2, 0.25) is 0 Å². The van der Waals surface area contributed by atoms with Gasteiger partial charge in [0.25, 0.3) is 0 Å². The first-order valence-electron chi connectivity index (χ1n) is 14.4. The number of rotatable bonds is 6. The van der Waals surface area contributed by atoms with Crippen molar-refractivity contribution in [2.45, 2.75) is 135 Å². The largest absolute Gasteiger partial charge is 0.116 e. The Morgan fingerprint density at radius 2 is 1.03 bits per heavy atom. The molecule has 4 rings (SSSR count). The first-order valence-corrected chi connectivity index (χ1v) is 15.5. The van der Waals surface area contributed by atoms with E-state index in [4.69, 9.17) is 0 Å². The SMILES string of the molecule is C1CCC(PC2CCCCC2)CC1.CC(C)c1cc(C(C)C)c(-c2ccccc2)c(C(C)C)c1. The summed E-state index contributed by atoms with van der Waals surface area (Å²) in [4.78, 5) is 0. The third kappa shape index (κ3) is 7.95. The first kappa shape index (κ1) is 27.5. The van der Waals surface area contributed by atoms with Gasteiger partial charge >= 0.3 is 0 Å². The van der Waals surface area contributed by atoms with Crippen molar-refractivity contribution in [1.29, 1.82) is 0 Å². The van der Waals surface area contributed by atoms with Crippen LogP contribution in [-0.4, -0.2) is 11.3 Å². The fraction of sp³-hybridized carbons (Fsp3) is 0.636. The highest BCUT2D eigenvalue weighted by atomic mass is 31.1. The Bertz CT molecular complexity index is 791. The lowest BCUT2D eigenvalue weighted by Gasteiger charge is -2.28. The van der Waals surface area contributed by atoms with Crippen LogP contribution in [0, 0.1) is 0 Å². The average Bonchev–Trinajstić information content (AvgIpc) is 2.85. The second-order valence-electron chi connectivity index (χ2n) is 11.7. The molecule has 0 radical (unpaired) electrons. The van der Waals surface area contributed by atoms with Gasteiger partial charge in [-0.05, 0) is 82.6 Å². The molecule has 0 N–H and O–H groups in total. The van der Waals surface area contributed by atoms with E-state index in [1.165, 1.54) is 74.9 Å². The predicted molar refractivity (Wildman–Crippen MR) is 156 cm³/mol. The van der Waals surface area contributed by atoms with Gasteiger partial charge in [0.2, 0.25) is 0 Å². The molecule has 0 spiro atoms. The Hall–Kier alpha value is -1.13. The summed E-state index contributed by atoms with van der Waals surface area (Å²) < 4.78 is 0. The topological polar surface area (TPSA) is 0 Å². The van der Waals surface area contributed by atoms with E-state index in [1.54, 1.807) is 25.7 Å². The van der Waals surface area contributed by atoms with Gasteiger partial charge in [0.1, 0.15) is 0 Å². The Morgan fingerprint density at radius 3 is 1.41 bits per heavy atom. The van der Waals surface area contributed by atoms with Crippen LogP contribution < -0.4 is 0 Å². The van der Waals surface area contributed by atoms with Crippen LogP contribution in [0.15, 0.2) is 42.5 Å². The average molecular weight is 479 g/mol. The summed E-state index contributed by atoms with van der Waals surface area (Å²) in [5.74, 6) is 1.65. The number of benzene rings is 2. The highest BCUT2D eigenvalue weighted by molar-refractivity contribution is 7.39.